The van der Waals surface area contributed by atoms with E-state index in [-0.39, 0.29) is 17.1 Å². The number of carbonyl (C=O) groups excluding carboxylic acids is 1. The van der Waals surface area contributed by atoms with Crippen molar-refractivity contribution in [3.63, 3.8) is 0 Å². The Balaban J connectivity index is 2.14. The van der Waals surface area contributed by atoms with E-state index >= 15 is 0 Å². The van der Waals surface area contributed by atoms with Crippen LogP contribution in [0.2, 0.25) is 5.02 Å². The second kappa shape index (κ2) is 6.91. The quantitative estimate of drug-likeness (QED) is 0.850. The number of rotatable bonds is 5. The zero-order valence-electron chi connectivity index (χ0n) is 11.7. The Morgan fingerprint density at radius 2 is 1.91 bits per heavy atom. The molecule has 0 saturated heterocycles. The van der Waals surface area contributed by atoms with Crippen LogP contribution >= 0.6 is 11.6 Å². The van der Waals surface area contributed by atoms with Crippen LogP contribution in [0.15, 0.2) is 53.4 Å². The van der Waals surface area contributed by atoms with E-state index in [1.165, 1.54) is 31.3 Å². The molecule has 2 rings (SSSR count). The summed E-state index contributed by atoms with van der Waals surface area (Å²) in [5, 5.41) is 0.502. The van der Waals surface area contributed by atoms with Crippen molar-refractivity contribution in [2.24, 2.45) is 0 Å². The third kappa shape index (κ3) is 3.85. The van der Waals surface area contributed by atoms with Gasteiger partial charge in [0.25, 0.3) is 0 Å². The maximum Gasteiger partial charge on any atom is 0.338 e. The zero-order chi connectivity index (χ0) is 16.2. The normalized spacial score (nSPS) is 11.2. The largest absolute Gasteiger partial charge is 0.457 e. The number of esters is 1. The molecule has 0 atom stereocenters. The maximum atomic E-state index is 12.0. The number of hydrogen-bond donors (Lipinski definition) is 1. The van der Waals surface area contributed by atoms with Gasteiger partial charge in [-0.3, -0.25) is 0 Å². The third-order valence-electron chi connectivity index (χ3n) is 2.97. The van der Waals surface area contributed by atoms with E-state index in [0.29, 0.717) is 10.6 Å². The van der Waals surface area contributed by atoms with E-state index < -0.39 is 16.0 Å². The summed E-state index contributed by atoms with van der Waals surface area (Å²) in [5.74, 6) is -0.618. The Morgan fingerprint density at radius 3 is 2.59 bits per heavy atom. The van der Waals surface area contributed by atoms with Crippen molar-refractivity contribution in [2.45, 2.75) is 11.5 Å². The summed E-state index contributed by atoms with van der Waals surface area (Å²) < 4.78 is 30.8. The molecule has 0 aliphatic carbocycles. The van der Waals surface area contributed by atoms with Gasteiger partial charge in [-0.25, -0.2) is 17.9 Å². The summed E-state index contributed by atoms with van der Waals surface area (Å²) >= 11 is 5.98. The average Bonchev–Trinajstić information content (AvgIpc) is 2.54. The number of carbonyl (C=O) groups is 1. The van der Waals surface area contributed by atoms with E-state index in [1.54, 1.807) is 24.3 Å². The molecule has 0 bridgehead atoms. The first-order chi connectivity index (χ1) is 10.4. The summed E-state index contributed by atoms with van der Waals surface area (Å²) in [7, 11) is -2.30. The molecule has 0 fully saturated rings. The minimum absolute atomic E-state index is 0.00203. The molecule has 7 heteroatoms. The monoisotopic (exact) mass is 339 g/mol. The molecule has 0 heterocycles. The Bertz CT molecular complexity index is 790. The van der Waals surface area contributed by atoms with Crippen molar-refractivity contribution in [2.75, 3.05) is 7.05 Å². The Hall–Kier alpha value is -1.89. The van der Waals surface area contributed by atoms with E-state index in [1.807, 2.05) is 0 Å². The SMILES string of the molecule is CNS(=O)(=O)c1cccc(C(=O)OCc2ccccc2Cl)c1. The fraction of sp³-hybridized carbons (Fsp3) is 0.133. The van der Waals surface area contributed by atoms with Crippen molar-refractivity contribution in [1.29, 1.82) is 0 Å². The van der Waals surface area contributed by atoms with Crippen molar-refractivity contribution < 1.29 is 17.9 Å². The lowest BCUT2D eigenvalue weighted by molar-refractivity contribution is 0.0472. The molecular formula is C15H14ClNO4S. The minimum Gasteiger partial charge on any atom is -0.457 e. The van der Waals surface area contributed by atoms with Crippen LogP contribution in [0.4, 0.5) is 0 Å². The molecule has 0 saturated carbocycles. The average molecular weight is 340 g/mol. The van der Waals surface area contributed by atoms with Gasteiger partial charge in [0, 0.05) is 10.6 Å². The molecule has 0 unspecified atom stereocenters. The van der Waals surface area contributed by atoms with Gasteiger partial charge in [0.2, 0.25) is 10.0 Å². The summed E-state index contributed by atoms with van der Waals surface area (Å²) in [6.07, 6.45) is 0. The summed E-state index contributed by atoms with van der Waals surface area (Å²) in [5.41, 5.74) is 0.833. The molecule has 0 amide bonds. The van der Waals surface area contributed by atoms with Crippen LogP contribution < -0.4 is 4.72 Å². The van der Waals surface area contributed by atoms with Crippen LogP contribution in [0.5, 0.6) is 0 Å². The fourth-order valence-electron chi connectivity index (χ4n) is 1.75. The molecule has 2 aromatic carbocycles. The summed E-state index contributed by atoms with van der Waals surface area (Å²) in [4.78, 5) is 12.0. The lowest BCUT2D eigenvalue weighted by Gasteiger charge is -2.08. The molecule has 1 N–H and O–H groups in total. The highest BCUT2D eigenvalue weighted by Gasteiger charge is 2.15. The van der Waals surface area contributed by atoms with Crippen LogP contribution in [0.1, 0.15) is 15.9 Å². The van der Waals surface area contributed by atoms with Crippen molar-refractivity contribution in [3.8, 4) is 0 Å². The topological polar surface area (TPSA) is 72.5 Å². The predicted octanol–water partition coefficient (Wildman–Crippen LogP) is 2.61. The third-order valence-corrected chi connectivity index (χ3v) is 4.75. The predicted molar refractivity (Wildman–Crippen MR) is 83.3 cm³/mol. The molecule has 0 spiro atoms. The first-order valence-corrected chi connectivity index (χ1v) is 8.24. The van der Waals surface area contributed by atoms with Gasteiger partial charge in [-0.15, -0.1) is 0 Å². The molecule has 22 heavy (non-hydrogen) atoms. The molecule has 0 aliphatic heterocycles. The van der Waals surface area contributed by atoms with Gasteiger partial charge in [-0.1, -0.05) is 35.9 Å². The van der Waals surface area contributed by atoms with E-state index in [4.69, 9.17) is 16.3 Å². The highest BCUT2D eigenvalue weighted by molar-refractivity contribution is 7.89. The number of sulfonamides is 1. The molecule has 0 radical (unpaired) electrons. The lowest BCUT2D eigenvalue weighted by atomic mass is 10.2. The molecule has 2 aromatic rings. The van der Waals surface area contributed by atoms with Gasteiger partial charge in [0.1, 0.15) is 6.61 Å². The molecule has 116 valence electrons. The Morgan fingerprint density at radius 1 is 1.18 bits per heavy atom. The summed E-state index contributed by atoms with van der Waals surface area (Å²) in [6, 6.07) is 12.6. The van der Waals surface area contributed by atoms with Crippen LogP contribution in [-0.4, -0.2) is 21.4 Å². The van der Waals surface area contributed by atoms with E-state index in [2.05, 4.69) is 4.72 Å². The second-order valence-corrected chi connectivity index (χ2v) is 6.70. The summed E-state index contributed by atoms with van der Waals surface area (Å²) in [6.45, 7) is 0.0154. The number of halogens is 1. The lowest BCUT2D eigenvalue weighted by Crippen LogP contribution is -2.19. The smallest absolute Gasteiger partial charge is 0.338 e. The number of nitrogens with one attached hydrogen (secondary N) is 1. The second-order valence-electron chi connectivity index (χ2n) is 4.40. The molecule has 0 aliphatic rings. The molecule has 5 nitrogen and oxygen atoms in total. The van der Waals surface area contributed by atoms with Gasteiger partial charge in [-0.2, -0.15) is 0 Å². The van der Waals surface area contributed by atoms with Crippen molar-refractivity contribution in [3.05, 3.63) is 64.7 Å². The highest BCUT2D eigenvalue weighted by Crippen LogP contribution is 2.17. The highest BCUT2D eigenvalue weighted by atomic mass is 35.5. The van der Waals surface area contributed by atoms with Crippen molar-refractivity contribution in [1.82, 2.24) is 4.72 Å². The maximum absolute atomic E-state index is 12.0. The molecular weight excluding hydrogens is 326 g/mol. The first kappa shape index (κ1) is 16.5. The van der Waals surface area contributed by atoms with Crippen LogP contribution in [0, 0.1) is 0 Å². The number of hydrogen-bond acceptors (Lipinski definition) is 4. The minimum atomic E-state index is -3.61. The van der Waals surface area contributed by atoms with Crippen LogP contribution in [0.3, 0.4) is 0 Å². The molecule has 0 aromatic heterocycles. The van der Waals surface area contributed by atoms with Gasteiger partial charge in [0.15, 0.2) is 0 Å². The standard InChI is InChI=1S/C15H14ClNO4S/c1-17-22(19,20)13-7-4-6-11(9-13)15(18)21-10-12-5-2-3-8-14(12)16/h2-9,17H,10H2,1H3. The first-order valence-electron chi connectivity index (χ1n) is 6.38. The number of benzene rings is 2. The van der Waals surface area contributed by atoms with Crippen LogP contribution in [0.25, 0.3) is 0 Å². The fourth-order valence-corrected chi connectivity index (χ4v) is 2.72. The zero-order valence-corrected chi connectivity index (χ0v) is 13.3. The Kier molecular flexibility index (Phi) is 5.18. The van der Waals surface area contributed by atoms with Gasteiger partial charge >= 0.3 is 5.97 Å². The van der Waals surface area contributed by atoms with Gasteiger partial charge in [-0.05, 0) is 31.3 Å². The Labute approximate surface area is 133 Å². The van der Waals surface area contributed by atoms with Crippen molar-refractivity contribution >= 4 is 27.6 Å². The van der Waals surface area contributed by atoms with E-state index in [9.17, 15) is 13.2 Å². The van der Waals surface area contributed by atoms with Crippen LogP contribution in [-0.2, 0) is 21.4 Å². The van der Waals surface area contributed by atoms with E-state index in [0.717, 1.165) is 0 Å². The van der Waals surface area contributed by atoms with Gasteiger partial charge < -0.3 is 4.74 Å². The van der Waals surface area contributed by atoms with Gasteiger partial charge in [0.05, 0.1) is 10.5 Å². The number of ether oxygens (including phenoxy) is 1.